The third-order valence-corrected chi connectivity index (χ3v) is 2.17. The normalized spacial score (nSPS) is 36.8. The second-order valence-electron chi connectivity index (χ2n) is 3.54. The average Bonchev–Trinajstić information content (AvgIpc) is 2.13. The van der Waals surface area contributed by atoms with Gasteiger partial charge in [0.1, 0.15) is 0 Å². The van der Waals surface area contributed by atoms with E-state index in [-0.39, 0.29) is 6.10 Å². The van der Waals surface area contributed by atoms with Crippen molar-refractivity contribution in [1.82, 2.24) is 0 Å². The van der Waals surface area contributed by atoms with Crippen LogP contribution in [0, 0.1) is 11.3 Å². The zero-order chi connectivity index (χ0) is 6.36. The number of hydrogen-bond donors (Lipinski definition) is 1. The van der Waals surface area contributed by atoms with Gasteiger partial charge in [-0.25, -0.2) is 0 Å². The Morgan fingerprint density at radius 2 is 2.00 bits per heavy atom. The van der Waals surface area contributed by atoms with E-state index in [9.17, 15) is 0 Å². The smallest absolute Gasteiger partial charge is 0.0545 e. The van der Waals surface area contributed by atoms with Crippen molar-refractivity contribution < 1.29 is 5.11 Å². The van der Waals surface area contributed by atoms with E-state index in [1.807, 2.05) is 6.92 Å². The van der Waals surface area contributed by atoms with Crippen LogP contribution in [0.2, 0.25) is 0 Å². The largest absolute Gasteiger partial charge is 0.393 e. The van der Waals surface area contributed by atoms with E-state index in [2.05, 4.69) is 13.8 Å². The molecule has 1 unspecified atom stereocenters. The SMILES string of the molecule is CC(O)[C@H]1CC1(C)C. The molecule has 1 aliphatic rings. The third-order valence-electron chi connectivity index (χ3n) is 2.17. The molecule has 1 aliphatic carbocycles. The maximum Gasteiger partial charge on any atom is 0.0545 e. The average molecular weight is 114 g/mol. The van der Waals surface area contributed by atoms with Gasteiger partial charge in [-0.2, -0.15) is 0 Å². The summed E-state index contributed by atoms with van der Waals surface area (Å²) in [5.41, 5.74) is 0.439. The minimum absolute atomic E-state index is 0.0926. The van der Waals surface area contributed by atoms with Gasteiger partial charge >= 0.3 is 0 Å². The van der Waals surface area contributed by atoms with Crippen LogP contribution in [0.3, 0.4) is 0 Å². The predicted molar refractivity (Wildman–Crippen MR) is 33.6 cm³/mol. The second-order valence-corrected chi connectivity index (χ2v) is 3.54. The molecular weight excluding hydrogens is 100 g/mol. The molecule has 0 bridgehead atoms. The summed E-state index contributed by atoms with van der Waals surface area (Å²) in [6.07, 6.45) is 1.11. The van der Waals surface area contributed by atoms with Gasteiger partial charge in [0, 0.05) is 0 Å². The molecule has 1 saturated carbocycles. The van der Waals surface area contributed by atoms with E-state index >= 15 is 0 Å². The summed E-state index contributed by atoms with van der Waals surface area (Å²) in [5, 5.41) is 9.03. The summed E-state index contributed by atoms with van der Waals surface area (Å²) >= 11 is 0. The van der Waals surface area contributed by atoms with E-state index in [4.69, 9.17) is 5.11 Å². The van der Waals surface area contributed by atoms with Crippen molar-refractivity contribution in [2.45, 2.75) is 33.3 Å². The van der Waals surface area contributed by atoms with Crippen LogP contribution in [0.4, 0.5) is 0 Å². The van der Waals surface area contributed by atoms with Gasteiger partial charge in [-0.15, -0.1) is 0 Å². The number of rotatable bonds is 1. The quantitative estimate of drug-likeness (QED) is 0.546. The van der Waals surface area contributed by atoms with Crippen LogP contribution < -0.4 is 0 Å². The van der Waals surface area contributed by atoms with Gasteiger partial charge < -0.3 is 5.11 Å². The first kappa shape index (κ1) is 6.09. The highest BCUT2D eigenvalue weighted by atomic mass is 16.3. The Bertz CT molecular complexity index is 94.6. The van der Waals surface area contributed by atoms with Crippen LogP contribution in [0.25, 0.3) is 0 Å². The van der Waals surface area contributed by atoms with Crippen LogP contribution >= 0.6 is 0 Å². The number of hydrogen-bond acceptors (Lipinski definition) is 1. The van der Waals surface area contributed by atoms with Crippen LogP contribution in [0.1, 0.15) is 27.2 Å². The van der Waals surface area contributed by atoms with Gasteiger partial charge in [-0.05, 0) is 24.7 Å². The maximum absolute atomic E-state index is 9.03. The molecule has 8 heavy (non-hydrogen) atoms. The number of aliphatic hydroxyl groups excluding tert-OH is 1. The molecule has 1 heteroatoms. The Morgan fingerprint density at radius 3 is 2.00 bits per heavy atom. The van der Waals surface area contributed by atoms with Gasteiger partial charge in [0.15, 0.2) is 0 Å². The molecular formula is C7H14O. The highest BCUT2D eigenvalue weighted by Gasteiger charge is 2.48. The van der Waals surface area contributed by atoms with E-state index in [0.717, 1.165) is 0 Å². The van der Waals surface area contributed by atoms with E-state index in [0.29, 0.717) is 11.3 Å². The summed E-state index contributed by atoms with van der Waals surface area (Å²) in [6, 6.07) is 0. The lowest BCUT2D eigenvalue weighted by molar-refractivity contribution is 0.155. The molecule has 0 aliphatic heterocycles. The monoisotopic (exact) mass is 114 g/mol. The fourth-order valence-corrected chi connectivity index (χ4v) is 1.33. The van der Waals surface area contributed by atoms with Crippen molar-refractivity contribution in [3.8, 4) is 0 Å². The first-order valence-electron chi connectivity index (χ1n) is 3.22. The van der Waals surface area contributed by atoms with Gasteiger partial charge in [0.2, 0.25) is 0 Å². The molecule has 0 amide bonds. The standard InChI is InChI=1S/C7H14O/c1-5(8)6-4-7(6,2)3/h5-6,8H,4H2,1-3H3/t5?,6-/m1/s1. The fourth-order valence-electron chi connectivity index (χ4n) is 1.33. The Morgan fingerprint density at radius 1 is 1.62 bits per heavy atom. The highest BCUT2D eigenvalue weighted by Crippen LogP contribution is 2.53. The van der Waals surface area contributed by atoms with Crippen LogP contribution in [-0.4, -0.2) is 11.2 Å². The second kappa shape index (κ2) is 1.47. The third kappa shape index (κ3) is 0.873. The molecule has 0 radical (unpaired) electrons. The molecule has 48 valence electrons. The Balaban J connectivity index is 2.37. The number of aliphatic hydroxyl groups is 1. The molecule has 1 fully saturated rings. The van der Waals surface area contributed by atoms with Crippen molar-refractivity contribution >= 4 is 0 Å². The molecule has 0 aromatic rings. The fraction of sp³-hybridized carbons (Fsp3) is 1.00. The minimum Gasteiger partial charge on any atom is -0.393 e. The summed E-state index contributed by atoms with van der Waals surface area (Å²) in [7, 11) is 0. The molecule has 0 aromatic carbocycles. The summed E-state index contributed by atoms with van der Waals surface area (Å²) < 4.78 is 0. The summed E-state index contributed by atoms with van der Waals surface area (Å²) in [5.74, 6) is 0.572. The molecule has 0 saturated heterocycles. The molecule has 1 N–H and O–H groups in total. The summed E-state index contributed by atoms with van der Waals surface area (Å²) in [4.78, 5) is 0. The lowest BCUT2D eigenvalue weighted by atomic mass is 10.1. The summed E-state index contributed by atoms with van der Waals surface area (Å²) in [6.45, 7) is 6.27. The Kier molecular flexibility index (Phi) is 1.12. The predicted octanol–water partition coefficient (Wildman–Crippen LogP) is 1.41. The molecule has 1 nitrogen and oxygen atoms in total. The molecule has 0 spiro atoms. The van der Waals surface area contributed by atoms with E-state index < -0.39 is 0 Å². The topological polar surface area (TPSA) is 20.2 Å². The van der Waals surface area contributed by atoms with E-state index in [1.54, 1.807) is 0 Å². The molecule has 2 atom stereocenters. The first-order chi connectivity index (χ1) is 3.54. The highest BCUT2D eigenvalue weighted by molar-refractivity contribution is 4.97. The van der Waals surface area contributed by atoms with Crippen molar-refractivity contribution in [2.24, 2.45) is 11.3 Å². The lowest BCUT2D eigenvalue weighted by Gasteiger charge is -2.03. The Hall–Kier alpha value is -0.0400. The minimum atomic E-state index is -0.0926. The van der Waals surface area contributed by atoms with Crippen molar-refractivity contribution in [3.05, 3.63) is 0 Å². The Labute approximate surface area is 50.7 Å². The van der Waals surface area contributed by atoms with E-state index in [1.165, 1.54) is 6.42 Å². The van der Waals surface area contributed by atoms with Gasteiger partial charge in [-0.1, -0.05) is 13.8 Å². The first-order valence-corrected chi connectivity index (χ1v) is 3.22. The van der Waals surface area contributed by atoms with Crippen LogP contribution in [-0.2, 0) is 0 Å². The zero-order valence-electron chi connectivity index (χ0n) is 5.81. The molecule has 1 rings (SSSR count). The van der Waals surface area contributed by atoms with Crippen molar-refractivity contribution in [1.29, 1.82) is 0 Å². The van der Waals surface area contributed by atoms with Crippen molar-refractivity contribution in [2.75, 3.05) is 0 Å². The molecule has 0 heterocycles. The lowest BCUT2D eigenvalue weighted by Crippen LogP contribution is -2.06. The maximum atomic E-state index is 9.03. The van der Waals surface area contributed by atoms with Gasteiger partial charge in [-0.3, -0.25) is 0 Å². The van der Waals surface area contributed by atoms with Gasteiger partial charge in [0.05, 0.1) is 6.10 Å². The van der Waals surface area contributed by atoms with Crippen LogP contribution in [0.15, 0.2) is 0 Å². The van der Waals surface area contributed by atoms with Crippen molar-refractivity contribution in [3.63, 3.8) is 0 Å². The van der Waals surface area contributed by atoms with Crippen LogP contribution in [0.5, 0.6) is 0 Å². The van der Waals surface area contributed by atoms with Gasteiger partial charge in [0.25, 0.3) is 0 Å². The zero-order valence-corrected chi connectivity index (χ0v) is 5.81. The molecule has 0 aromatic heterocycles.